The number of amides is 1. The summed E-state index contributed by atoms with van der Waals surface area (Å²) in [6.07, 6.45) is 2.21. The average molecular weight is 443 g/mol. The van der Waals surface area contributed by atoms with Gasteiger partial charge in [-0.2, -0.15) is 0 Å². The van der Waals surface area contributed by atoms with Gasteiger partial charge in [0, 0.05) is 10.1 Å². The van der Waals surface area contributed by atoms with Gasteiger partial charge in [0.05, 0.1) is 5.56 Å². The molecule has 0 heterocycles. The first kappa shape index (κ1) is 14.2. The zero-order chi connectivity index (χ0) is 12.0. The van der Waals surface area contributed by atoms with Crippen molar-refractivity contribution in [1.29, 1.82) is 0 Å². The van der Waals surface area contributed by atoms with E-state index in [2.05, 4.69) is 50.5 Å². The van der Waals surface area contributed by atoms with Crippen molar-refractivity contribution in [3.8, 4) is 0 Å². The normalized spacial score (nSPS) is 10.2. The second-order valence-corrected chi connectivity index (χ2v) is 5.75. The van der Waals surface area contributed by atoms with Crippen molar-refractivity contribution in [3.63, 3.8) is 0 Å². The number of carbonyl (C=O) groups excluding carboxylic acids is 1. The van der Waals surface area contributed by atoms with Gasteiger partial charge in [-0.25, -0.2) is 0 Å². The van der Waals surface area contributed by atoms with Gasteiger partial charge >= 0.3 is 0 Å². The Hall–Kier alpha value is 0.150. The molecule has 0 fully saturated rings. The van der Waals surface area contributed by atoms with Gasteiger partial charge in [0.1, 0.15) is 0 Å². The van der Waals surface area contributed by atoms with E-state index >= 15 is 0 Å². The number of carbonyl (C=O) groups is 1. The quantitative estimate of drug-likeness (QED) is 0.421. The van der Waals surface area contributed by atoms with Gasteiger partial charge < -0.3 is 5.32 Å². The Morgan fingerprint density at radius 1 is 1.38 bits per heavy atom. The Morgan fingerprint density at radius 3 is 2.81 bits per heavy atom. The Balaban J connectivity index is 2.56. The molecule has 1 rings (SSSR count). The Bertz CT molecular complexity index is 366. The summed E-state index contributed by atoms with van der Waals surface area (Å²) in [6, 6.07) is 5.83. The average Bonchev–Trinajstić information content (AvgIpc) is 2.28. The van der Waals surface area contributed by atoms with Gasteiger partial charge in [-0.15, -0.1) is 0 Å². The highest BCUT2D eigenvalue weighted by Gasteiger charge is 2.09. The van der Waals surface area contributed by atoms with Gasteiger partial charge in [-0.3, -0.25) is 4.79 Å². The molecule has 0 saturated heterocycles. The van der Waals surface area contributed by atoms with Crippen LogP contribution in [0.15, 0.2) is 18.2 Å². The number of nitrogens with one attached hydrogen (secondary N) is 1. The van der Waals surface area contributed by atoms with Crippen LogP contribution in [0, 0.1) is 10.5 Å². The van der Waals surface area contributed by atoms with E-state index < -0.39 is 0 Å². The molecular formula is C12H15I2NO. The fourth-order valence-electron chi connectivity index (χ4n) is 1.34. The topological polar surface area (TPSA) is 29.1 Å². The molecule has 1 aromatic carbocycles. The van der Waals surface area contributed by atoms with E-state index in [1.165, 1.54) is 0 Å². The van der Waals surface area contributed by atoms with Crippen molar-refractivity contribution < 1.29 is 4.79 Å². The Kier molecular flexibility index (Phi) is 6.64. The molecule has 0 unspecified atom stereocenters. The van der Waals surface area contributed by atoms with Crippen LogP contribution >= 0.6 is 45.2 Å². The Morgan fingerprint density at radius 2 is 2.12 bits per heavy atom. The lowest BCUT2D eigenvalue weighted by Crippen LogP contribution is -2.25. The van der Waals surface area contributed by atoms with Crippen LogP contribution in [0.1, 0.15) is 28.8 Å². The highest BCUT2D eigenvalue weighted by atomic mass is 127. The summed E-state index contributed by atoms with van der Waals surface area (Å²) in [5.74, 6) is 0.0431. The zero-order valence-corrected chi connectivity index (χ0v) is 13.5. The number of benzene rings is 1. The fourth-order valence-corrected chi connectivity index (χ4v) is 2.48. The van der Waals surface area contributed by atoms with Crippen molar-refractivity contribution in [3.05, 3.63) is 32.9 Å². The number of hydrogen-bond donors (Lipinski definition) is 1. The van der Waals surface area contributed by atoms with Crippen LogP contribution < -0.4 is 5.32 Å². The molecule has 16 heavy (non-hydrogen) atoms. The van der Waals surface area contributed by atoms with Crippen LogP contribution in [0.2, 0.25) is 0 Å². The number of aryl methyl sites for hydroxylation is 1. The van der Waals surface area contributed by atoms with Crippen LogP contribution in [0.5, 0.6) is 0 Å². The van der Waals surface area contributed by atoms with Gasteiger partial charge in [0.15, 0.2) is 0 Å². The van der Waals surface area contributed by atoms with E-state index in [0.29, 0.717) is 0 Å². The van der Waals surface area contributed by atoms with Crippen molar-refractivity contribution in [1.82, 2.24) is 5.32 Å². The molecule has 0 aliphatic heterocycles. The first-order chi connectivity index (χ1) is 7.66. The molecule has 0 saturated carbocycles. The highest BCUT2D eigenvalue weighted by Crippen LogP contribution is 2.16. The number of hydrogen-bond acceptors (Lipinski definition) is 1. The van der Waals surface area contributed by atoms with Crippen molar-refractivity contribution in [2.45, 2.75) is 19.8 Å². The molecule has 0 aromatic heterocycles. The summed E-state index contributed by atoms with van der Waals surface area (Å²) in [4.78, 5) is 11.9. The molecule has 1 amide bonds. The summed E-state index contributed by atoms with van der Waals surface area (Å²) >= 11 is 4.58. The van der Waals surface area contributed by atoms with E-state index in [-0.39, 0.29) is 5.91 Å². The summed E-state index contributed by atoms with van der Waals surface area (Å²) < 4.78 is 2.20. The van der Waals surface area contributed by atoms with Crippen molar-refractivity contribution in [2.24, 2.45) is 0 Å². The molecule has 0 radical (unpaired) electrons. The maximum Gasteiger partial charge on any atom is 0.252 e. The minimum absolute atomic E-state index is 0.0431. The second-order valence-electron chi connectivity index (χ2n) is 3.59. The highest BCUT2D eigenvalue weighted by molar-refractivity contribution is 14.1. The predicted octanol–water partition coefficient (Wildman–Crippen LogP) is 3.54. The third-order valence-electron chi connectivity index (χ3n) is 2.28. The van der Waals surface area contributed by atoms with Crippen LogP contribution in [0.4, 0.5) is 0 Å². The van der Waals surface area contributed by atoms with Crippen LogP contribution in [-0.2, 0) is 0 Å². The van der Waals surface area contributed by atoms with Gasteiger partial charge in [0.2, 0.25) is 0 Å². The number of unbranched alkanes of at least 4 members (excludes halogenated alkanes) is 1. The minimum Gasteiger partial charge on any atom is -0.352 e. The van der Waals surface area contributed by atoms with Gasteiger partial charge in [0.25, 0.3) is 5.91 Å². The smallest absolute Gasteiger partial charge is 0.252 e. The first-order valence-electron chi connectivity index (χ1n) is 5.26. The number of rotatable bonds is 5. The van der Waals surface area contributed by atoms with Crippen molar-refractivity contribution >= 4 is 51.1 Å². The third-order valence-corrected chi connectivity index (χ3v) is 4.48. The molecule has 0 aliphatic rings. The molecule has 0 aliphatic carbocycles. The maximum absolute atomic E-state index is 11.9. The molecule has 0 spiro atoms. The van der Waals surface area contributed by atoms with E-state index in [1.54, 1.807) is 0 Å². The van der Waals surface area contributed by atoms with E-state index in [1.807, 2.05) is 25.1 Å². The molecular weight excluding hydrogens is 428 g/mol. The van der Waals surface area contributed by atoms with E-state index in [0.717, 1.165) is 38.5 Å². The molecule has 1 N–H and O–H groups in total. The lowest BCUT2D eigenvalue weighted by molar-refractivity contribution is 0.0952. The van der Waals surface area contributed by atoms with Gasteiger partial charge in [-0.1, -0.05) is 34.7 Å². The standard InChI is InChI=1S/C12H15I2NO/c1-9-5-4-6-10(11(9)14)12(16)15-8-3-2-7-13/h4-6H,2-3,7-8H2,1H3,(H,15,16). The molecule has 4 heteroatoms. The predicted molar refractivity (Wildman–Crippen MR) is 84.4 cm³/mol. The summed E-state index contributed by atoms with van der Waals surface area (Å²) in [5.41, 5.74) is 1.94. The third kappa shape index (κ3) is 4.20. The minimum atomic E-state index is 0.0431. The summed E-state index contributed by atoms with van der Waals surface area (Å²) in [6.45, 7) is 2.79. The number of alkyl halides is 1. The van der Waals surface area contributed by atoms with Crippen LogP contribution in [-0.4, -0.2) is 16.9 Å². The lowest BCUT2D eigenvalue weighted by atomic mass is 10.1. The first-order valence-corrected chi connectivity index (χ1v) is 7.86. The van der Waals surface area contributed by atoms with Crippen LogP contribution in [0.3, 0.4) is 0 Å². The van der Waals surface area contributed by atoms with E-state index in [9.17, 15) is 4.79 Å². The van der Waals surface area contributed by atoms with Crippen molar-refractivity contribution in [2.75, 3.05) is 11.0 Å². The zero-order valence-electron chi connectivity index (χ0n) is 9.22. The second kappa shape index (κ2) is 7.47. The lowest BCUT2D eigenvalue weighted by Gasteiger charge is -2.08. The van der Waals surface area contributed by atoms with Crippen LogP contribution in [0.25, 0.3) is 0 Å². The SMILES string of the molecule is Cc1cccc(C(=O)NCCCCI)c1I. The van der Waals surface area contributed by atoms with E-state index in [4.69, 9.17) is 0 Å². The largest absolute Gasteiger partial charge is 0.352 e. The summed E-state index contributed by atoms with van der Waals surface area (Å²) in [7, 11) is 0. The Labute approximate surface area is 124 Å². The maximum atomic E-state index is 11.9. The summed E-state index contributed by atoms with van der Waals surface area (Å²) in [5, 5.41) is 2.95. The fraction of sp³-hybridized carbons (Fsp3) is 0.417. The monoisotopic (exact) mass is 443 g/mol. The molecule has 2 nitrogen and oxygen atoms in total. The molecule has 0 bridgehead atoms. The molecule has 88 valence electrons. The molecule has 0 atom stereocenters. The number of halogens is 2. The molecule has 1 aromatic rings. The van der Waals surface area contributed by atoms with Gasteiger partial charge in [-0.05, 0) is 58.4 Å².